The van der Waals surface area contributed by atoms with Crippen molar-refractivity contribution in [2.75, 3.05) is 38.2 Å². The van der Waals surface area contributed by atoms with Crippen molar-refractivity contribution in [2.24, 2.45) is 7.05 Å². The molecular weight excluding hydrogens is 330 g/mol. The van der Waals surface area contributed by atoms with Gasteiger partial charge in [0.1, 0.15) is 11.6 Å². The maximum atomic E-state index is 5.39. The average Bonchev–Trinajstić information content (AvgIpc) is 3.32. The molecule has 0 radical (unpaired) electrons. The minimum atomic E-state index is 0.347. The van der Waals surface area contributed by atoms with Crippen molar-refractivity contribution < 1.29 is 4.74 Å². The van der Waals surface area contributed by atoms with E-state index in [1.54, 1.807) is 19.5 Å². The molecule has 2 aliphatic rings. The van der Waals surface area contributed by atoms with Gasteiger partial charge in [-0.2, -0.15) is 0 Å². The fourth-order valence-corrected chi connectivity index (χ4v) is 4.07. The summed E-state index contributed by atoms with van der Waals surface area (Å²) in [5, 5.41) is 9.03. The Balaban J connectivity index is 1.50. The van der Waals surface area contributed by atoms with E-state index in [0.29, 0.717) is 11.8 Å². The summed E-state index contributed by atoms with van der Waals surface area (Å²) in [6.07, 6.45) is 8.19. The van der Waals surface area contributed by atoms with Gasteiger partial charge in [-0.15, -0.1) is 10.2 Å². The molecule has 0 spiro atoms. The number of rotatable bonds is 5. The summed E-state index contributed by atoms with van der Waals surface area (Å²) in [4.78, 5) is 13.5. The monoisotopic (exact) mass is 357 g/mol. The quantitative estimate of drug-likeness (QED) is 0.805. The highest BCUT2D eigenvalue weighted by atomic mass is 16.5. The second-order valence-corrected chi connectivity index (χ2v) is 7.19. The fourth-order valence-electron chi connectivity index (χ4n) is 4.07. The van der Waals surface area contributed by atoms with Gasteiger partial charge >= 0.3 is 0 Å². The van der Waals surface area contributed by atoms with E-state index in [0.717, 1.165) is 49.9 Å². The first-order chi connectivity index (χ1) is 12.8. The molecule has 1 atom stereocenters. The third-order valence-corrected chi connectivity index (χ3v) is 5.49. The van der Waals surface area contributed by atoms with Crippen LogP contribution in [0.25, 0.3) is 0 Å². The molecule has 0 saturated carbocycles. The summed E-state index contributed by atoms with van der Waals surface area (Å²) < 4.78 is 7.58. The second-order valence-electron chi connectivity index (χ2n) is 7.19. The number of likely N-dealkylation sites (tertiary alicyclic amines) is 1. The first-order valence-electron chi connectivity index (χ1n) is 9.46. The number of hydrogen-bond acceptors (Lipinski definition) is 7. The lowest BCUT2D eigenvalue weighted by Gasteiger charge is -2.33. The molecule has 8 nitrogen and oxygen atoms in total. The van der Waals surface area contributed by atoms with Crippen LogP contribution in [0, 0.1) is 0 Å². The molecular formula is C18H27N7O. The number of hydrogen-bond donors (Lipinski definition) is 0. The van der Waals surface area contributed by atoms with E-state index in [9.17, 15) is 0 Å². The zero-order valence-corrected chi connectivity index (χ0v) is 15.6. The van der Waals surface area contributed by atoms with Crippen molar-refractivity contribution in [2.45, 2.75) is 38.1 Å². The third-order valence-electron chi connectivity index (χ3n) is 5.49. The van der Waals surface area contributed by atoms with Gasteiger partial charge in [-0.1, -0.05) is 0 Å². The molecule has 0 amide bonds. The Morgan fingerprint density at radius 2 is 1.88 bits per heavy atom. The van der Waals surface area contributed by atoms with Gasteiger partial charge in [0.15, 0.2) is 5.82 Å². The van der Waals surface area contributed by atoms with Crippen molar-refractivity contribution in [1.29, 1.82) is 0 Å². The molecule has 0 N–H and O–H groups in total. The lowest BCUT2D eigenvalue weighted by molar-refractivity contribution is 0.317. The van der Waals surface area contributed by atoms with E-state index in [2.05, 4.69) is 41.6 Å². The Kier molecular flexibility index (Phi) is 5.01. The molecule has 8 heteroatoms. The van der Waals surface area contributed by atoms with Gasteiger partial charge in [0.2, 0.25) is 0 Å². The zero-order valence-electron chi connectivity index (χ0n) is 15.6. The summed E-state index contributed by atoms with van der Waals surface area (Å²) in [5.41, 5.74) is 0. The summed E-state index contributed by atoms with van der Waals surface area (Å²) in [7, 11) is 3.74. The van der Waals surface area contributed by atoms with Crippen LogP contribution in [0.15, 0.2) is 12.4 Å². The van der Waals surface area contributed by atoms with E-state index in [1.807, 2.05) is 0 Å². The summed E-state index contributed by atoms with van der Waals surface area (Å²) in [6.45, 7) is 5.07. The van der Waals surface area contributed by atoms with E-state index in [4.69, 9.17) is 4.74 Å². The Morgan fingerprint density at radius 1 is 1.08 bits per heavy atom. The van der Waals surface area contributed by atoms with Crippen LogP contribution in [-0.2, 0) is 13.6 Å². The zero-order chi connectivity index (χ0) is 17.9. The van der Waals surface area contributed by atoms with E-state index in [-0.39, 0.29) is 0 Å². The van der Waals surface area contributed by atoms with Crippen molar-refractivity contribution >= 4 is 5.82 Å². The molecule has 140 valence electrons. The highest BCUT2D eigenvalue weighted by Gasteiger charge is 2.28. The van der Waals surface area contributed by atoms with Gasteiger partial charge in [-0.3, -0.25) is 4.90 Å². The van der Waals surface area contributed by atoms with Crippen molar-refractivity contribution in [1.82, 2.24) is 29.6 Å². The first-order valence-corrected chi connectivity index (χ1v) is 9.46. The minimum Gasteiger partial charge on any atom is -0.478 e. The Labute approximate surface area is 154 Å². The number of methoxy groups -OCH3 is 1. The molecule has 0 bridgehead atoms. The van der Waals surface area contributed by atoms with Crippen LogP contribution in [0.2, 0.25) is 0 Å². The van der Waals surface area contributed by atoms with E-state index >= 15 is 0 Å². The van der Waals surface area contributed by atoms with Crippen LogP contribution in [0.4, 0.5) is 5.82 Å². The smallest absolute Gasteiger partial charge is 0.257 e. The van der Waals surface area contributed by atoms with Gasteiger partial charge < -0.3 is 14.2 Å². The molecule has 4 heterocycles. The van der Waals surface area contributed by atoms with E-state index < -0.39 is 0 Å². The molecule has 2 aromatic rings. The summed E-state index contributed by atoms with van der Waals surface area (Å²) in [6, 6.07) is 0. The molecule has 2 aliphatic heterocycles. The normalized spacial score (nSPS) is 21.3. The lowest BCUT2D eigenvalue weighted by Crippen LogP contribution is -2.36. The number of anilines is 1. The second kappa shape index (κ2) is 7.57. The predicted molar refractivity (Wildman–Crippen MR) is 98.3 cm³/mol. The molecule has 4 rings (SSSR count). The molecule has 0 aromatic carbocycles. The first kappa shape index (κ1) is 17.2. The average molecular weight is 357 g/mol. The van der Waals surface area contributed by atoms with Gasteiger partial charge in [0.05, 0.1) is 13.7 Å². The van der Waals surface area contributed by atoms with Gasteiger partial charge in [0, 0.05) is 38.4 Å². The fraction of sp³-hybridized carbons (Fsp3) is 0.667. The highest BCUT2D eigenvalue weighted by molar-refractivity contribution is 5.48. The number of piperidine rings is 1. The van der Waals surface area contributed by atoms with Crippen LogP contribution in [0.5, 0.6) is 5.88 Å². The predicted octanol–water partition coefficient (Wildman–Crippen LogP) is 1.59. The van der Waals surface area contributed by atoms with Crippen LogP contribution in [-0.4, -0.2) is 62.9 Å². The van der Waals surface area contributed by atoms with Crippen molar-refractivity contribution in [3.8, 4) is 5.88 Å². The van der Waals surface area contributed by atoms with Crippen LogP contribution >= 0.6 is 0 Å². The topological polar surface area (TPSA) is 72.2 Å². The number of ether oxygens (including phenoxy) is 1. The van der Waals surface area contributed by atoms with Gasteiger partial charge in [-0.25, -0.2) is 9.97 Å². The Morgan fingerprint density at radius 3 is 2.69 bits per heavy atom. The van der Waals surface area contributed by atoms with Crippen molar-refractivity contribution in [3.63, 3.8) is 0 Å². The molecule has 26 heavy (non-hydrogen) atoms. The third kappa shape index (κ3) is 3.38. The van der Waals surface area contributed by atoms with Crippen molar-refractivity contribution in [3.05, 3.63) is 24.0 Å². The lowest BCUT2D eigenvalue weighted by atomic mass is 9.97. The summed E-state index contributed by atoms with van der Waals surface area (Å²) >= 11 is 0. The highest BCUT2D eigenvalue weighted by Crippen LogP contribution is 2.31. The van der Waals surface area contributed by atoms with Crippen LogP contribution in [0.3, 0.4) is 0 Å². The molecule has 2 aromatic heterocycles. The summed E-state index contributed by atoms with van der Waals surface area (Å²) in [5.74, 6) is 3.89. The SMILES string of the molecule is COc1nccnc1N1CCC[C@@H](c2nnc(CN3CCCC3)n2C)C1. The Hall–Kier alpha value is -2.22. The minimum absolute atomic E-state index is 0.347. The Bertz CT molecular complexity index is 741. The maximum absolute atomic E-state index is 5.39. The molecule has 0 unspecified atom stereocenters. The number of nitrogens with zero attached hydrogens (tertiary/aromatic N) is 7. The standard InChI is InChI=1S/C18H27N7O/c1-23-15(13-24-9-3-4-10-24)21-22-16(23)14-6-5-11-25(12-14)17-18(26-2)20-8-7-19-17/h7-8,14H,3-6,9-13H2,1-2H3/t14-/m1/s1. The van der Waals surface area contributed by atoms with Crippen LogP contribution in [0.1, 0.15) is 43.3 Å². The number of aromatic nitrogens is 5. The van der Waals surface area contributed by atoms with Gasteiger partial charge in [0.25, 0.3) is 5.88 Å². The maximum Gasteiger partial charge on any atom is 0.257 e. The molecule has 2 fully saturated rings. The van der Waals surface area contributed by atoms with Crippen LogP contribution < -0.4 is 9.64 Å². The molecule has 2 saturated heterocycles. The largest absolute Gasteiger partial charge is 0.478 e. The van der Waals surface area contributed by atoms with E-state index in [1.165, 1.54) is 25.9 Å². The van der Waals surface area contributed by atoms with Gasteiger partial charge in [-0.05, 0) is 38.8 Å². The molecule has 0 aliphatic carbocycles.